The molecule has 2 aromatic rings. The van der Waals surface area contributed by atoms with Crippen molar-refractivity contribution in [3.63, 3.8) is 0 Å². The summed E-state index contributed by atoms with van der Waals surface area (Å²) in [4.78, 5) is 27.2. The van der Waals surface area contributed by atoms with Crippen molar-refractivity contribution in [1.82, 2.24) is 4.90 Å². The van der Waals surface area contributed by atoms with Crippen molar-refractivity contribution < 1.29 is 9.59 Å². The molecule has 1 fully saturated rings. The minimum atomic E-state index is -0.560. The van der Waals surface area contributed by atoms with Crippen molar-refractivity contribution in [2.45, 2.75) is 70.4 Å². The maximum atomic E-state index is 14.1. The van der Waals surface area contributed by atoms with Gasteiger partial charge in [0, 0.05) is 28.4 Å². The molecule has 0 spiro atoms. The van der Waals surface area contributed by atoms with Gasteiger partial charge >= 0.3 is 0 Å². The lowest BCUT2D eigenvalue weighted by Gasteiger charge is -2.52. The van der Waals surface area contributed by atoms with Crippen LogP contribution in [0, 0.1) is 5.41 Å². The fraction of sp³-hybridized carbons (Fsp3) is 0.429. The van der Waals surface area contributed by atoms with Gasteiger partial charge in [0.2, 0.25) is 5.91 Å². The topological polar surface area (TPSA) is 37.4 Å². The third-order valence-electron chi connectivity index (χ3n) is 6.91. The zero-order valence-corrected chi connectivity index (χ0v) is 21.0. The standard InChI is InChI=1S/C28H33Cl2NO2/c1-4-16-28(3)19-25(21-9-8-10-23(30)18-21)26(20-12-14-22(29)15-13-20)31(27(28)33)24(5-2)11-6-7-17-32/h4,8-10,12-15,17-18,24-26H,1,5-7,11,16,19H2,2-3H3/t24?,25-,26-,28+/m1/s1. The summed E-state index contributed by atoms with van der Waals surface area (Å²) in [6.07, 6.45) is 6.99. The first-order valence-corrected chi connectivity index (χ1v) is 12.5. The van der Waals surface area contributed by atoms with Gasteiger partial charge in [-0.1, -0.05) is 67.4 Å². The normalized spacial score (nSPS) is 23.9. The molecule has 33 heavy (non-hydrogen) atoms. The zero-order valence-electron chi connectivity index (χ0n) is 19.5. The summed E-state index contributed by atoms with van der Waals surface area (Å²) in [5.41, 5.74) is 1.63. The van der Waals surface area contributed by atoms with E-state index in [1.807, 2.05) is 48.5 Å². The average Bonchev–Trinajstić information content (AvgIpc) is 2.80. The summed E-state index contributed by atoms with van der Waals surface area (Å²) >= 11 is 12.6. The molecule has 1 heterocycles. The molecule has 0 aliphatic carbocycles. The number of hydrogen-bond donors (Lipinski definition) is 0. The highest BCUT2D eigenvalue weighted by molar-refractivity contribution is 6.30. The first-order valence-electron chi connectivity index (χ1n) is 11.7. The van der Waals surface area contributed by atoms with E-state index in [0.29, 0.717) is 29.3 Å². The SMILES string of the molecule is C=CC[C@@]1(C)C[C@H](c2cccc(Cl)c2)[C@@H](c2ccc(Cl)cc2)N(C(CC)CCCC=O)C1=O. The van der Waals surface area contributed by atoms with E-state index in [0.717, 1.165) is 36.7 Å². The second-order valence-electron chi connectivity index (χ2n) is 9.29. The van der Waals surface area contributed by atoms with Crippen LogP contribution in [0.1, 0.15) is 75.5 Å². The largest absolute Gasteiger partial charge is 0.332 e. The van der Waals surface area contributed by atoms with Gasteiger partial charge in [0.25, 0.3) is 0 Å². The third-order valence-corrected chi connectivity index (χ3v) is 7.40. The summed E-state index contributed by atoms with van der Waals surface area (Å²) in [5.74, 6) is 0.214. The fourth-order valence-corrected chi connectivity index (χ4v) is 5.59. The highest BCUT2D eigenvalue weighted by Gasteiger charge is 2.50. The molecule has 1 aliphatic heterocycles. The van der Waals surface area contributed by atoms with Crippen molar-refractivity contribution in [3.8, 4) is 0 Å². The van der Waals surface area contributed by atoms with Gasteiger partial charge in [0.15, 0.2) is 0 Å². The van der Waals surface area contributed by atoms with E-state index in [1.165, 1.54) is 0 Å². The van der Waals surface area contributed by atoms with Crippen molar-refractivity contribution in [2.24, 2.45) is 5.41 Å². The van der Waals surface area contributed by atoms with Crippen molar-refractivity contribution in [3.05, 3.63) is 82.4 Å². The monoisotopic (exact) mass is 485 g/mol. The molecular formula is C28H33Cl2NO2. The lowest BCUT2D eigenvalue weighted by molar-refractivity contribution is -0.154. The number of nitrogens with zero attached hydrogens (tertiary/aromatic N) is 1. The van der Waals surface area contributed by atoms with Crippen LogP contribution in [0.4, 0.5) is 0 Å². The second-order valence-corrected chi connectivity index (χ2v) is 10.2. The van der Waals surface area contributed by atoms with Gasteiger partial charge in [0.05, 0.1) is 11.5 Å². The Kier molecular flexibility index (Phi) is 8.78. The van der Waals surface area contributed by atoms with Crippen LogP contribution in [0.15, 0.2) is 61.2 Å². The molecule has 0 bridgehead atoms. The number of carbonyl (C=O) groups is 2. The van der Waals surface area contributed by atoms with E-state index < -0.39 is 5.41 Å². The molecule has 176 valence electrons. The molecule has 0 N–H and O–H groups in total. The number of allylic oxidation sites excluding steroid dienone is 1. The van der Waals surface area contributed by atoms with Crippen LogP contribution in [-0.2, 0) is 9.59 Å². The number of hydrogen-bond acceptors (Lipinski definition) is 2. The van der Waals surface area contributed by atoms with Crippen molar-refractivity contribution in [2.75, 3.05) is 0 Å². The average molecular weight is 486 g/mol. The van der Waals surface area contributed by atoms with Gasteiger partial charge in [-0.2, -0.15) is 0 Å². The number of benzene rings is 2. The number of carbonyl (C=O) groups excluding carboxylic acids is 2. The Bertz CT molecular complexity index is 974. The zero-order chi connectivity index (χ0) is 24.0. The second kappa shape index (κ2) is 11.4. The Morgan fingerprint density at radius 3 is 2.48 bits per heavy atom. The van der Waals surface area contributed by atoms with Crippen LogP contribution in [0.3, 0.4) is 0 Å². The van der Waals surface area contributed by atoms with Gasteiger partial charge in [-0.3, -0.25) is 4.79 Å². The minimum absolute atomic E-state index is 0.0317. The van der Waals surface area contributed by atoms with Crippen LogP contribution in [0.2, 0.25) is 10.0 Å². The Labute approximate surface area is 207 Å². The smallest absolute Gasteiger partial charge is 0.229 e. The molecule has 0 aromatic heterocycles. The van der Waals surface area contributed by atoms with Crippen LogP contribution in [-0.4, -0.2) is 23.1 Å². The van der Waals surface area contributed by atoms with Crippen LogP contribution in [0.5, 0.6) is 0 Å². The third kappa shape index (κ3) is 5.70. The van der Waals surface area contributed by atoms with E-state index in [2.05, 4.69) is 31.4 Å². The fourth-order valence-electron chi connectivity index (χ4n) is 5.27. The predicted molar refractivity (Wildman–Crippen MR) is 137 cm³/mol. The molecule has 2 aromatic carbocycles. The minimum Gasteiger partial charge on any atom is -0.332 e. The van der Waals surface area contributed by atoms with E-state index in [4.69, 9.17) is 23.2 Å². The Morgan fingerprint density at radius 1 is 1.15 bits per heavy atom. The first-order chi connectivity index (χ1) is 15.8. The number of halogens is 2. The summed E-state index contributed by atoms with van der Waals surface area (Å²) in [5, 5.41) is 1.36. The number of unbranched alkanes of at least 4 members (excludes halogenated alkanes) is 1. The molecule has 0 saturated carbocycles. The van der Waals surface area contributed by atoms with Crippen LogP contribution in [0.25, 0.3) is 0 Å². The van der Waals surface area contributed by atoms with Gasteiger partial charge < -0.3 is 9.69 Å². The van der Waals surface area contributed by atoms with Crippen molar-refractivity contribution >= 4 is 35.4 Å². The molecule has 1 unspecified atom stereocenters. The maximum Gasteiger partial charge on any atom is 0.229 e. The van der Waals surface area contributed by atoms with Gasteiger partial charge in [-0.15, -0.1) is 6.58 Å². The quantitative estimate of drug-likeness (QED) is 0.195. The van der Waals surface area contributed by atoms with E-state index >= 15 is 0 Å². The maximum absolute atomic E-state index is 14.1. The summed E-state index contributed by atoms with van der Waals surface area (Å²) < 4.78 is 0. The highest BCUT2D eigenvalue weighted by atomic mass is 35.5. The molecule has 5 heteroatoms. The molecule has 1 saturated heterocycles. The molecule has 4 atom stereocenters. The first kappa shape index (κ1) is 25.5. The van der Waals surface area contributed by atoms with Gasteiger partial charge in [-0.25, -0.2) is 0 Å². The van der Waals surface area contributed by atoms with E-state index in [-0.39, 0.29) is 23.9 Å². The van der Waals surface area contributed by atoms with Crippen LogP contribution < -0.4 is 0 Å². The van der Waals surface area contributed by atoms with Crippen LogP contribution >= 0.6 is 23.2 Å². The molecule has 1 aliphatic rings. The van der Waals surface area contributed by atoms with Gasteiger partial charge in [-0.05, 0) is 67.5 Å². The molecule has 0 radical (unpaired) electrons. The summed E-state index contributed by atoms with van der Waals surface area (Å²) in [6.45, 7) is 8.11. The Morgan fingerprint density at radius 2 is 1.88 bits per heavy atom. The number of aldehydes is 1. The molecular weight excluding hydrogens is 453 g/mol. The molecule has 3 nitrogen and oxygen atoms in total. The highest BCUT2D eigenvalue weighted by Crippen LogP contribution is 2.52. The lowest BCUT2D eigenvalue weighted by Crippen LogP contribution is -2.55. The lowest BCUT2D eigenvalue weighted by atomic mass is 9.67. The van der Waals surface area contributed by atoms with E-state index in [9.17, 15) is 9.59 Å². The number of piperidine rings is 1. The summed E-state index contributed by atoms with van der Waals surface area (Å²) in [6, 6.07) is 15.7. The number of amides is 1. The van der Waals surface area contributed by atoms with Crippen molar-refractivity contribution in [1.29, 1.82) is 0 Å². The Balaban J connectivity index is 2.18. The van der Waals surface area contributed by atoms with Gasteiger partial charge in [0.1, 0.15) is 6.29 Å². The van der Waals surface area contributed by atoms with E-state index in [1.54, 1.807) is 0 Å². The predicted octanol–water partition coefficient (Wildman–Crippen LogP) is 7.78. The summed E-state index contributed by atoms with van der Waals surface area (Å²) in [7, 11) is 0. The number of likely N-dealkylation sites (tertiary alicyclic amines) is 1. The number of rotatable bonds is 10. The molecule has 3 rings (SSSR count). The molecule has 1 amide bonds. The Hall–Kier alpha value is -2.10.